The van der Waals surface area contributed by atoms with Gasteiger partial charge in [-0.3, -0.25) is 14.5 Å². The fraction of sp³-hybridized carbons (Fsp3) is 0.471. The summed E-state index contributed by atoms with van der Waals surface area (Å²) < 4.78 is 1.80. The zero-order chi connectivity index (χ0) is 15.4. The molecular weight excluding hydrogens is 276 g/mol. The van der Waals surface area contributed by atoms with Gasteiger partial charge in [-0.05, 0) is 49.8 Å². The molecule has 1 amide bonds. The van der Waals surface area contributed by atoms with Crippen LogP contribution in [-0.2, 0) is 13.0 Å². The summed E-state index contributed by atoms with van der Waals surface area (Å²) in [5.41, 5.74) is 2.04. The van der Waals surface area contributed by atoms with Crippen molar-refractivity contribution >= 4 is 5.91 Å². The number of hydrogen-bond acceptors (Lipinski definition) is 3. The zero-order valence-corrected chi connectivity index (χ0v) is 13.0. The van der Waals surface area contributed by atoms with Gasteiger partial charge in [0, 0.05) is 38.2 Å². The molecule has 1 aliphatic rings. The lowest BCUT2D eigenvalue weighted by Gasteiger charge is -2.31. The molecule has 0 N–H and O–H groups in total. The summed E-state index contributed by atoms with van der Waals surface area (Å²) in [6, 6.07) is 4.16. The highest BCUT2D eigenvalue weighted by molar-refractivity contribution is 5.93. The van der Waals surface area contributed by atoms with E-state index in [9.17, 15) is 4.79 Å². The fourth-order valence-electron chi connectivity index (χ4n) is 3.02. The first-order valence-electron chi connectivity index (χ1n) is 7.97. The van der Waals surface area contributed by atoms with E-state index >= 15 is 0 Å². The van der Waals surface area contributed by atoms with Crippen molar-refractivity contribution in [3.63, 3.8) is 0 Å². The number of pyridine rings is 1. The van der Waals surface area contributed by atoms with Gasteiger partial charge in [0.05, 0.1) is 11.8 Å². The van der Waals surface area contributed by atoms with E-state index in [1.165, 1.54) is 5.56 Å². The van der Waals surface area contributed by atoms with Crippen molar-refractivity contribution in [3.05, 3.63) is 48.0 Å². The lowest BCUT2D eigenvalue weighted by molar-refractivity contribution is 0.0690. The zero-order valence-electron chi connectivity index (χ0n) is 13.0. The van der Waals surface area contributed by atoms with Gasteiger partial charge < -0.3 is 4.90 Å². The van der Waals surface area contributed by atoms with Gasteiger partial charge in [0.2, 0.25) is 0 Å². The van der Waals surface area contributed by atoms with E-state index in [1.54, 1.807) is 10.9 Å². The quantitative estimate of drug-likeness (QED) is 0.871. The van der Waals surface area contributed by atoms with Crippen LogP contribution in [0, 0.1) is 5.92 Å². The molecule has 3 heterocycles. The highest BCUT2D eigenvalue weighted by Crippen LogP contribution is 2.22. The van der Waals surface area contributed by atoms with Gasteiger partial charge in [0.25, 0.3) is 5.91 Å². The van der Waals surface area contributed by atoms with Gasteiger partial charge in [-0.2, -0.15) is 5.10 Å². The molecule has 5 nitrogen and oxygen atoms in total. The van der Waals surface area contributed by atoms with E-state index in [1.807, 2.05) is 30.4 Å². The molecule has 1 fully saturated rings. The van der Waals surface area contributed by atoms with Crippen molar-refractivity contribution in [2.45, 2.75) is 32.7 Å². The summed E-state index contributed by atoms with van der Waals surface area (Å²) in [6.07, 6.45) is 10.4. The Kier molecular flexibility index (Phi) is 4.51. The Morgan fingerprint density at radius 2 is 2.00 bits per heavy atom. The highest BCUT2D eigenvalue weighted by atomic mass is 16.2. The summed E-state index contributed by atoms with van der Waals surface area (Å²) in [5.74, 6) is 0.770. The molecule has 0 radical (unpaired) electrons. The Labute approximate surface area is 131 Å². The van der Waals surface area contributed by atoms with Crippen LogP contribution in [0.25, 0.3) is 0 Å². The van der Waals surface area contributed by atoms with Crippen LogP contribution in [0.15, 0.2) is 36.9 Å². The lowest BCUT2D eigenvalue weighted by atomic mass is 9.90. The molecule has 0 saturated carbocycles. The molecule has 3 rings (SSSR count). The molecule has 5 heteroatoms. The average Bonchev–Trinajstić information content (AvgIpc) is 3.05. The topological polar surface area (TPSA) is 51.0 Å². The van der Waals surface area contributed by atoms with Gasteiger partial charge in [0.1, 0.15) is 0 Å². The number of rotatable bonds is 4. The van der Waals surface area contributed by atoms with Crippen molar-refractivity contribution in [3.8, 4) is 0 Å². The van der Waals surface area contributed by atoms with E-state index in [2.05, 4.69) is 22.2 Å². The summed E-state index contributed by atoms with van der Waals surface area (Å²) in [5, 5.41) is 4.18. The largest absolute Gasteiger partial charge is 0.339 e. The maximum absolute atomic E-state index is 12.5. The third kappa shape index (κ3) is 3.35. The van der Waals surface area contributed by atoms with Crippen molar-refractivity contribution in [1.29, 1.82) is 0 Å². The number of carbonyl (C=O) groups is 1. The van der Waals surface area contributed by atoms with Gasteiger partial charge in [-0.15, -0.1) is 0 Å². The van der Waals surface area contributed by atoms with E-state index in [-0.39, 0.29) is 5.91 Å². The number of likely N-dealkylation sites (tertiary alicyclic amines) is 1. The highest BCUT2D eigenvalue weighted by Gasteiger charge is 2.24. The number of carbonyl (C=O) groups excluding carboxylic acids is 1. The molecule has 116 valence electrons. The number of nitrogens with zero attached hydrogens (tertiary/aromatic N) is 4. The minimum absolute atomic E-state index is 0.113. The Morgan fingerprint density at radius 1 is 1.27 bits per heavy atom. The van der Waals surface area contributed by atoms with Crippen molar-refractivity contribution in [2.75, 3.05) is 13.1 Å². The van der Waals surface area contributed by atoms with Crippen molar-refractivity contribution < 1.29 is 4.79 Å². The molecular formula is C17H22N4O. The molecule has 1 aliphatic heterocycles. The molecule has 2 aromatic heterocycles. The number of hydrogen-bond donors (Lipinski definition) is 0. The van der Waals surface area contributed by atoms with Crippen LogP contribution >= 0.6 is 0 Å². The van der Waals surface area contributed by atoms with E-state index in [0.29, 0.717) is 11.5 Å². The van der Waals surface area contributed by atoms with Crippen molar-refractivity contribution in [2.24, 2.45) is 5.92 Å². The fourth-order valence-corrected chi connectivity index (χ4v) is 3.02. The molecule has 0 bridgehead atoms. The maximum Gasteiger partial charge on any atom is 0.257 e. The third-order valence-electron chi connectivity index (χ3n) is 4.38. The Balaban J connectivity index is 1.54. The second kappa shape index (κ2) is 6.73. The predicted octanol–water partition coefficient (Wildman–Crippen LogP) is 2.39. The van der Waals surface area contributed by atoms with Gasteiger partial charge in [-0.1, -0.05) is 0 Å². The first-order valence-corrected chi connectivity index (χ1v) is 7.97. The van der Waals surface area contributed by atoms with Crippen molar-refractivity contribution in [1.82, 2.24) is 19.7 Å². The third-order valence-corrected chi connectivity index (χ3v) is 4.38. The summed E-state index contributed by atoms with van der Waals surface area (Å²) in [4.78, 5) is 18.5. The van der Waals surface area contributed by atoms with Gasteiger partial charge in [-0.25, -0.2) is 0 Å². The van der Waals surface area contributed by atoms with Crippen LogP contribution in [0.2, 0.25) is 0 Å². The molecule has 22 heavy (non-hydrogen) atoms. The molecule has 0 aromatic carbocycles. The smallest absolute Gasteiger partial charge is 0.257 e. The number of aromatic nitrogens is 3. The van der Waals surface area contributed by atoms with Gasteiger partial charge in [0.15, 0.2) is 0 Å². The Hall–Kier alpha value is -2.17. The van der Waals surface area contributed by atoms with E-state index < -0.39 is 0 Å². The Bertz CT molecular complexity index is 615. The van der Waals surface area contributed by atoms with E-state index in [0.717, 1.165) is 38.9 Å². The average molecular weight is 298 g/mol. The molecule has 0 aliphatic carbocycles. The summed E-state index contributed by atoms with van der Waals surface area (Å²) in [6.45, 7) is 4.49. The minimum Gasteiger partial charge on any atom is -0.339 e. The SMILES string of the molecule is CCn1cc(C(=O)N2CCC(Cc3ccncc3)CC2)cn1. The first-order chi connectivity index (χ1) is 10.8. The normalized spacial score (nSPS) is 16.0. The number of aryl methyl sites for hydroxylation is 1. The molecule has 0 atom stereocenters. The molecule has 0 unspecified atom stereocenters. The van der Waals surface area contributed by atoms with Crippen LogP contribution < -0.4 is 0 Å². The van der Waals surface area contributed by atoms with Gasteiger partial charge >= 0.3 is 0 Å². The van der Waals surface area contributed by atoms with Crippen LogP contribution in [-0.4, -0.2) is 38.7 Å². The molecule has 1 saturated heterocycles. The second-order valence-electron chi connectivity index (χ2n) is 5.88. The standard InChI is InChI=1S/C17H22N4O/c1-2-21-13-16(12-19-21)17(22)20-9-5-15(6-10-20)11-14-3-7-18-8-4-14/h3-4,7-8,12-13,15H,2,5-6,9-11H2,1H3. The second-order valence-corrected chi connectivity index (χ2v) is 5.88. The number of amides is 1. The molecule has 2 aromatic rings. The van der Waals surface area contributed by atoms with E-state index in [4.69, 9.17) is 0 Å². The maximum atomic E-state index is 12.5. The number of piperidine rings is 1. The predicted molar refractivity (Wildman–Crippen MR) is 84.5 cm³/mol. The monoisotopic (exact) mass is 298 g/mol. The summed E-state index contributed by atoms with van der Waals surface area (Å²) in [7, 11) is 0. The Morgan fingerprint density at radius 3 is 2.64 bits per heavy atom. The molecule has 0 spiro atoms. The van der Waals surface area contributed by atoms with Crippen LogP contribution in [0.1, 0.15) is 35.7 Å². The summed E-state index contributed by atoms with van der Waals surface area (Å²) >= 11 is 0. The van der Waals surface area contributed by atoms with Crippen LogP contribution in [0.5, 0.6) is 0 Å². The van der Waals surface area contributed by atoms with Crippen LogP contribution in [0.3, 0.4) is 0 Å². The minimum atomic E-state index is 0.113. The first kappa shape index (κ1) is 14.8. The van der Waals surface area contributed by atoms with Crippen LogP contribution in [0.4, 0.5) is 0 Å². The lowest BCUT2D eigenvalue weighted by Crippen LogP contribution is -2.38.